The summed E-state index contributed by atoms with van der Waals surface area (Å²) < 4.78 is 67.1. The molecular formula is C13H5BrClF5. The molecule has 0 aromatic heterocycles. The van der Waals surface area contributed by atoms with Crippen molar-refractivity contribution in [1.82, 2.24) is 0 Å². The second kappa shape index (κ2) is 5.69. The van der Waals surface area contributed by atoms with Crippen molar-refractivity contribution < 1.29 is 22.0 Å². The van der Waals surface area contributed by atoms with Gasteiger partial charge in [0, 0.05) is 4.47 Å². The monoisotopic (exact) mass is 370 g/mol. The molecule has 0 N–H and O–H groups in total. The Morgan fingerprint density at radius 3 is 1.60 bits per heavy atom. The molecule has 106 valence electrons. The van der Waals surface area contributed by atoms with Crippen LogP contribution in [0.4, 0.5) is 22.0 Å². The molecule has 2 rings (SSSR count). The molecule has 2 aromatic rings. The Bertz CT molecular complexity index is 628. The second-order valence-corrected chi connectivity index (χ2v) is 5.25. The summed E-state index contributed by atoms with van der Waals surface area (Å²) in [5.41, 5.74) is -0.858. The number of rotatable bonds is 2. The molecule has 0 fully saturated rings. The molecule has 0 nitrogen and oxygen atoms in total. The van der Waals surface area contributed by atoms with Gasteiger partial charge in [-0.1, -0.05) is 28.1 Å². The summed E-state index contributed by atoms with van der Waals surface area (Å²) in [6.45, 7) is 0. The van der Waals surface area contributed by atoms with Crippen LogP contribution >= 0.6 is 27.5 Å². The van der Waals surface area contributed by atoms with Crippen LogP contribution in [0.2, 0.25) is 0 Å². The van der Waals surface area contributed by atoms with Crippen molar-refractivity contribution in [1.29, 1.82) is 0 Å². The molecule has 0 saturated carbocycles. The summed E-state index contributed by atoms with van der Waals surface area (Å²) in [4.78, 5) is 0. The molecular weight excluding hydrogens is 366 g/mol. The summed E-state index contributed by atoms with van der Waals surface area (Å²) in [5.74, 6) is -10.1. The van der Waals surface area contributed by atoms with Gasteiger partial charge in [0.2, 0.25) is 5.82 Å². The van der Waals surface area contributed by atoms with Gasteiger partial charge in [-0.25, -0.2) is 22.0 Å². The van der Waals surface area contributed by atoms with Crippen molar-refractivity contribution in [3.8, 4) is 0 Å². The van der Waals surface area contributed by atoms with Crippen molar-refractivity contribution >= 4 is 27.5 Å². The number of hydrogen-bond acceptors (Lipinski definition) is 0. The average molecular weight is 372 g/mol. The molecule has 0 aliphatic rings. The van der Waals surface area contributed by atoms with E-state index in [1.165, 1.54) is 24.3 Å². The molecule has 0 aliphatic carbocycles. The number of halogens is 7. The third-order valence-corrected chi connectivity index (χ3v) is 3.66. The highest BCUT2D eigenvalue weighted by atomic mass is 79.9. The fraction of sp³-hybridized carbons (Fsp3) is 0.0769. The average Bonchev–Trinajstić information content (AvgIpc) is 2.44. The van der Waals surface area contributed by atoms with Crippen LogP contribution in [0.25, 0.3) is 0 Å². The van der Waals surface area contributed by atoms with E-state index in [1.807, 2.05) is 0 Å². The fourth-order valence-electron chi connectivity index (χ4n) is 1.64. The van der Waals surface area contributed by atoms with E-state index in [0.29, 0.717) is 4.47 Å². The number of benzene rings is 2. The van der Waals surface area contributed by atoms with E-state index in [9.17, 15) is 22.0 Å². The standard InChI is InChI=1S/C13H5BrClF5/c14-6-3-1-5(2-4-6)8(15)7-9(16)11(18)13(20)12(19)10(7)17/h1-4,8H. The first-order valence-electron chi connectivity index (χ1n) is 5.25. The van der Waals surface area contributed by atoms with Gasteiger partial charge < -0.3 is 0 Å². The molecule has 0 amide bonds. The van der Waals surface area contributed by atoms with Crippen molar-refractivity contribution in [2.24, 2.45) is 0 Å². The molecule has 1 unspecified atom stereocenters. The highest BCUT2D eigenvalue weighted by molar-refractivity contribution is 9.10. The number of alkyl halides is 1. The molecule has 20 heavy (non-hydrogen) atoms. The van der Waals surface area contributed by atoms with Crippen LogP contribution in [0.15, 0.2) is 28.7 Å². The van der Waals surface area contributed by atoms with Gasteiger partial charge in [-0.2, -0.15) is 0 Å². The van der Waals surface area contributed by atoms with Gasteiger partial charge in [-0.15, -0.1) is 11.6 Å². The number of hydrogen-bond donors (Lipinski definition) is 0. The first-order chi connectivity index (χ1) is 9.34. The van der Waals surface area contributed by atoms with Gasteiger partial charge in [0.25, 0.3) is 0 Å². The smallest absolute Gasteiger partial charge is 0.200 e. The molecule has 0 saturated heterocycles. The van der Waals surface area contributed by atoms with Crippen molar-refractivity contribution in [3.05, 3.63) is 69.0 Å². The van der Waals surface area contributed by atoms with E-state index in [-0.39, 0.29) is 5.56 Å². The topological polar surface area (TPSA) is 0 Å². The normalized spacial score (nSPS) is 12.6. The lowest BCUT2D eigenvalue weighted by Gasteiger charge is -2.14. The zero-order valence-corrected chi connectivity index (χ0v) is 11.9. The Labute approximate surface area is 124 Å². The van der Waals surface area contributed by atoms with Crippen LogP contribution in [-0.2, 0) is 0 Å². The fourth-order valence-corrected chi connectivity index (χ4v) is 2.24. The SMILES string of the molecule is Fc1c(F)c(F)c(C(Cl)c2ccc(Br)cc2)c(F)c1F. The van der Waals surface area contributed by atoms with E-state index in [0.717, 1.165) is 0 Å². The van der Waals surface area contributed by atoms with E-state index >= 15 is 0 Å². The molecule has 0 bridgehead atoms. The molecule has 0 heterocycles. The second-order valence-electron chi connectivity index (χ2n) is 3.90. The van der Waals surface area contributed by atoms with Gasteiger partial charge in [0.05, 0.1) is 10.9 Å². The minimum atomic E-state index is -2.21. The molecule has 0 aliphatic heterocycles. The van der Waals surface area contributed by atoms with E-state index in [1.54, 1.807) is 0 Å². The lowest BCUT2D eigenvalue weighted by molar-refractivity contribution is 0.371. The van der Waals surface area contributed by atoms with Crippen LogP contribution < -0.4 is 0 Å². The molecule has 0 radical (unpaired) electrons. The van der Waals surface area contributed by atoms with E-state index < -0.39 is 40.0 Å². The van der Waals surface area contributed by atoms with Gasteiger partial charge >= 0.3 is 0 Å². The minimum Gasteiger partial charge on any atom is -0.203 e. The predicted octanol–water partition coefficient (Wildman–Crippen LogP) is 5.47. The Morgan fingerprint density at radius 1 is 0.750 bits per heavy atom. The third kappa shape index (κ3) is 2.54. The largest absolute Gasteiger partial charge is 0.203 e. The Kier molecular flexibility index (Phi) is 4.34. The first-order valence-corrected chi connectivity index (χ1v) is 6.48. The lowest BCUT2D eigenvalue weighted by atomic mass is 10.0. The maximum Gasteiger partial charge on any atom is 0.200 e. The van der Waals surface area contributed by atoms with E-state index in [4.69, 9.17) is 11.6 Å². The van der Waals surface area contributed by atoms with Gasteiger partial charge in [0.15, 0.2) is 23.3 Å². The summed E-state index contributed by atoms with van der Waals surface area (Å²) in [7, 11) is 0. The minimum absolute atomic E-state index is 0.207. The van der Waals surface area contributed by atoms with Crippen molar-refractivity contribution in [3.63, 3.8) is 0 Å². The lowest BCUT2D eigenvalue weighted by Crippen LogP contribution is -2.09. The maximum atomic E-state index is 13.6. The van der Waals surface area contributed by atoms with Crippen LogP contribution in [-0.4, -0.2) is 0 Å². The summed E-state index contributed by atoms with van der Waals surface area (Å²) >= 11 is 8.99. The highest BCUT2D eigenvalue weighted by Crippen LogP contribution is 2.35. The first kappa shape index (κ1) is 15.3. The predicted molar refractivity (Wildman–Crippen MR) is 68.1 cm³/mol. The van der Waals surface area contributed by atoms with Crippen LogP contribution in [0.3, 0.4) is 0 Å². The van der Waals surface area contributed by atoms with Crippen molar-refractivity contribution in [2.45, 2.75) is 5.38 Å². The van der Waals surface area contributed by atoms with Crippen LogP contribution in [0.5, 0.6) is 0 Å². The van der Waals surface area contributed by atoms with Gasteiger partial charge in [-0.3, -0.25) is 0 Å². The summed E-state index contributed by atoms with van der Waals surface area (Å²) in [5, 5.41) is -1.49. The van der Waals surface area contributed by atoms with Gasteiger partial charge in [-0.05, 0) is 17.7 Å². The quantitative estimate of drug-likeness (QED) is 0.284. The van der Waals surface area contributed by atoms with E-state index in [2.05, 4.69) is 15.9 Å². The van der Waals surface area contributed by atoms with Crippen molar-refractivity contribution in [2.75, 3.05) is 0 Å². The molecule has 1 atom stereocenters. The molecule has 2 aromatic carbocycles. The Hall–Kier alpha value is -1.14. The van der Waals surface area contributed by atoms with Gasteiger partial charge in [0.1, 0.15) is 0 Å². The zero-order valence-electron chi connectivity index (χ0n) is 9.53. The third-order valence-electron chi connectivity index (χ3n) is 2.66. The maximum absolute atomic E-state index is 13.6. The Morgan fingerprint density at radius 2 is 1.15 bits per heavy atom. The molecule has 7 heteroatoms. The van der Waals surface area contributed by atoms with Crippen LogP contribution in [0.1, 0.15) is 16.5 Å². The zero-order chi connectivity index (χ0) is 15.0. The van der Waals surface area contributed by atoms with Crippen LogP contribution in [0, 0.1) is 29.1 Å². The summed E-state index contributed by atoms with van der Waals surface area (Å²) in [6, 6.07) is 5.91. The Balaban J connectivity index is 2.60. The summed E-state index contributed by atoms with van der Waals surface area (Å²) in [6.07, 6.45) is 0. The highest BCUT2D eigenvalue weighted by Gasteiger charge is 2.30. The molecule has 0 spiro atoms.